The molecule has 0 spiro atoms. The molecule has 1 aliphatic heterocycles. The molecule has 1 aromatic rings. The van der Waals surface area contributed by atoms with Gasteiger partial charge in [0.2, 0.25) is 5.89 Å². The third-order valence-electron chi connectivity index (χ3n) is 3.46. The van der Waals surface area contributed by atoms with Gasteiger partial charge in [-0.1, -0.05) is 19.0 Å². The Labute approximate surface area is 95.6 Å². The quantitative estimate of drug-likeness (QED) is 0.831. The van der Waals surface area contributed by atoms with Crippen molar-refractivity contribution < 1.29 is 9.26 Å². The summed E-state index contributed by atoms with van der Waals surface area (Å²) >= 11 is 0. The van der Waals surface area contributed by atoms with E-state index in [1.165, 1.54) is 0 Å². The van der Waals surface area contributed by atoms with Gasteiger partial charge >= 0.3 is 0 Å². The molecule has 16 heavy (non-hydrogen) atoms. The molecule has 0 radical (unpaired) electrons. The Kier molecular flexibility index (Phi) is 3.25. The minimum absolute atomic E-state index is 0.00100. The van der Waals surface area contributed by atoms with Crippen LogP contribution in [0.25, 0.3) is 0 Å². The summed E-state index contributed by atoms with van der Waals surface area (Å²) in [7, 11) is 1.63. The maximum Gasteiger partial charge on any atom is 0.234 e. The number of methoxy groups -OCH3 is 1. The maximum atomic E-state index is 5.38. The van der Waals surface area contributed by atoms with Gasteiger partial charge in [0.05, 0.1) is 5.41 Å². The molecule has 1 fully saturated rings. The van der Waals surface area contributed by atoms with Crippen molar-refractivity contribution >= 4 is 0 Å². The van der Waals surface area contributed by atoms with Crippen LogP contribution < -0.4 is 5.32 Å². The molecule has 2 heterocycles. The third kappa shape index (κ3) is 1.85. The van der Waals surface area contributed by atoms with Crippen LogP contribution in [0.15, 0.2) is 4.52 Å². The number of hydrogen-bond donors (Lipinski definition) is 1. The fraction of sp³-hybridized carbons (Fsp3) is 0.818. The van der Waals surface area contributed by atoms with Crippen molar-refractivity contribution in [2.24, 2.45) is 5.92 Å². The molecule has 0 aliphatic carbocycles. The molecule has 1 aromatic heterocycles. The smallest absolute Gasteiger partial charge is 0.234 e. The lowest BCUT2D eigenvalue weighted by Gasteiger charge is -2.27. The average Bonchev–Trinajstić information content (AvgIpc) is 2.85. The standard InChI is InChI=1S/C11H19N3O2/c1-8(2)11(4-5-12-7-11)10-13-9(6-15-3)14-16-10/h8,12H,4-7H2,1-3H3. The van der Waals surface area contributed by atoms with Crippen LogP contribution in [0.5, 0.6) is 0 Å². The van der Waals surface area contributed by atoms with Gasteiger partial charge in [0.1, 0.15) is 6.61 Å². The lowest BCUT2D eigenvalue weighted by molar-refractivity contribution is 0.174. The van der Waals surface area contributed by atoms with Crippen LogP contribution in [0.3, 0.4) is 0 Å². The largest absolute Gasteiger partial charge is 0.377 e. The van der Waals surface area contributed by atoms with Crippen LogP contribution in [-0.2, 0) is 16.8 Å². The van der Waals surface area contributed by atoms with Crippen LogP contribution >= 0.6 is 0 Å². The summed E-state index contributed by atoms with van der Waals surface area (Å²) in [4.78, 5) is 4.43. The number of hydrogen-bond acceptors (Lipinski definition) is 5. The first-order chi connectivity index (χ1) is 7.69. The van der Waals surface area contributed by atoms with Crippen LogP contribution in [0.1, 0.15) is 32.0 Å². The highest BCUT2D eigenvalue weighted by molar-refractivity contribution is 5.11. The molecule has 1 N–H and O–H groups in total. The first-order valence-electron chi connectivity index (χ1n) is 5.72. The molecule has 1 atom stereocenters. The summed E-state index contributed by atoms with van der Waals surface area (Å²) in [5, 5.41) is 7.31. The Hall–Kier alpha value is -0.940. The first kappa shape index (κ1) is 11.5. The number of ether oxygens (including phenoxy) is 1. The zero-order valence-electron chi connectivity index (χ0n) is 10.1. The molecule has 1 unspecified atom stereocenters. The molecule has 90 valence electrons. The lowest BCUT2D eigenvalue weighted by atomic mass is 9.76. The maximum absolute atomic E-state index is 5.38. The molecular weight excluding hydrogens is 206 g/mol. The molecule has 0 aromatic carbocycles. The molecular formula is C11H19N3O2. The second-order valence-corrected chi connectivity index (χ2v) is 4.69. The monoisotopic (exact) mass is 225 g/mol. The van der Waals surface area contributed by atoms with E-state index in [0.29, 0.717) is 18.3 Å². The van der Waals surface area contributed by atoms with Gasteiger partial charge in [0.25, 0.3) is 0 Å². The summed E-state index contributed by atoms with van der Waals surface area (Å²) in [5.74, 6) is 1.86. The Balaban J connectivity index is 2.25. The molecule has 0 amide bonds. The van der Waals surface area contributed by atoms with Gasteiger partial charge in [0.15, 0.2) is 5.82 Å². The van der Waals surface area contributed by atoms with Crippen molar-refractivity contribution in [1.82, 2.24) is 15.5 Å². The van der Waals surface area contributed by atoms with Gasteiger partial charge < -0.3 is 14.6 Å². The number of rotatable bonds is 4. The van der Waals surface area contributed by atoms with Gasteiger partial charge in [0, 0.05) is 13.7 Å². The Morgan fingerprint density at radius 3 is 2.94 bits per heavy atom. The summed E-state index contributed by atoms with van der Waals surface area (Å²) in [5.41, 5.74) is -0.00100. The molecule has 0 saturated carbocycles. The Bertz CT molecular complexity index is 343. The van der Waals surface area contributed by atoms with Gasteiger partial charge in [-0.3, -0.25) is 0 Å². The number of nitrogens with zero attached hydrogens (tertiary/aromatic N) is 2. The fourth-order valence-corrected chi connectivity index (χ4v) is 2.28. The first-order valence-corrected chi connectivity index (χ1v) is 5.72. The second kappa shape index (κ2) is 4.51. The Morgan fingerprint density at radius 2 is 2.38 bits per heavy atom. The molecule has 1 saturated heterocycles. The zero-order chi connectivity index (χ0) is 11.6. The van der Waals surface area contributed by atoms with E-state index < -0.39 is 0 Å². The van der Waals surface area contributed by atoms with Crippen LogP contribution in [0, 0.1) is 5.92 Å². The number of nitrogens with one attached hydrogen (secondary N) is 1. The van der Waals surface area contributed by atoms with E-state index in [9.17, 15) is 0 Å². The summed E-state index contributed by atoms with van der Waals surface area (Å²) in [6, 6.07) is 0. The van der Waals surface area contributed by atoms with Crippen molar-refractivity contribution in [2.45, 2.75) is 32.3 Å². The zero-order valence-corrected chi connectivity index (χ0v) is 10.1. The molecule has 5 nitrogen and oxygen atoms in total. The van der Waals surface area contributed by atoms with E-state index in [4.69, 9.17) is 9.26 Å². The van der Waals surface area contributed by atoms with E-state index in [2.05, 4.69) is 29.3 Å². The van der Waals surface area contributed by atoms with Crippen LogP contribution in [-0.4, -0.2) is 30.3 Å². The minimum atomic E-state index is -0.00100. The summed E-state index contributed by atoms with van der Waals surface area (Å²) in [6.07, 6.45) is 1.05. The van der Waals surface area contributed by atoms with Crippen molar-refractivity contribution in [1.29, 1.82) is 0 Å². The van der Waals surface area contributed by atoms with Crippen LogP contribution in [0.4, 0.5) is 0 Å². The second-order valence-electron chi connectivity index (χ2n) is 4.69. The highest BCUT2D eigenvalue weighted by atomic mass is 16.5. The highest BCUT2D eigenvalue weighted by Gasteiger charge is 2.43. The topological polar surface area (TPSA) is 60.2 Å². The molecule has 2 rings (SSSR count). The summed E-state index contributed by atoms with van der Waals surface area (Å²) in [6.45, 7) is 6.74. The summed E-state index contributed by atoms with van der Waals surface area (Å²) < 4.78 is 10.4. The van der Waals surface area contributed by atoms with Crippen LogP contribution in [0.2, 0.25) is 0 Å². The normalized spacial score (nSPS) is 25.5. The van der Waals surface area contributed by atoms with Crippen molar-refractivity contribution in [3.8, 4) is 0 Å². The van der Waals surface area contributed by atoms with Gasteiger partial charge in [-0.15, -0.1) is 0 Å². The predicted molar refractivity (Wildman–Crippen MR) is 59.0 cm³/mol. The van der Waals surface area contributed by atoms with Gasteiger partial charge in [-0.2, -0.15) is 4.98 Å². The molecule has 0 bridgehead atoms. The fourth-order valence-electron chi connectivity index (χ4n) is 2.28. The third-order valence-corrected chi connectivity index (χ3v) is 3.46. The van der Waals surface area contributed by atoms with Crippen molar-refractivity contribution in [3.63, 3.8) is 0 Å². The van der Waals surface area contributed by atoms with E-state index >= 15 is 0 Å². The van der Waals surface area contributed by atoms with Crippen molar-refractivity contribution in [3.05, 3.63) is 11.7 Å². The highest BCUT2D eigenvalue weighted by Crippen LogP contribution is 2.36. The number of aromatic nitrogens is 2. The van der Waals surface area contributed by atoms with E-state index in [0.717, 1.165) is 25.4 Å². The average molecular weight is 225 g/mol. The SMILES string of the molecule is COCc1noc(C2(C(C)C)CCNC2)n1. The van der Waals surface area contributed by atoms with E-state index in [1.54, 1.807) is 7.11 Å². The van der Waals surface area contributed by atoms with Crippen molar-refractivity contribution in [2.75, 3.05) is 20.2 Å². The van der Waals surface area contributed by atoms with E-state index in [-0.39, 0.29) is 5.41 Å². The molecule has 1 aliphatic rings. The predicted octanol–water partition coefficient (Wildman–Crippen LogP) is 1.10. The van der Waals surface area contributed by atoms with Gasteiger partial charge in [-0.05, 0) is 18.9 Å². The lowest BCUT2D eigenvalue weighted by Crippen LogP contribution is -2.35. The Morgan fingerprint density at radius 1 is 1.56 bits per heavy atom. The minimum Gasteiger partial charge on any atom is -0.377 e. The van der Waals surface area contributed by atoms with Gasteiger partial charge in [-0.25, -0.2) is 0 Å². The molecule has 5 heteroatoms. The van der Waals surface area contributed by atoms with E-state index in [1.807, 2.05) is 0 Å².